The summed E-state index contributed by atoms with van der Waals surface area (Å²) < 4.78 is 0.929. The first kappa shape index (κ1) is 17.8. The van der Waals surface area contributed by atoms with Crippen molar-refractivity contribution < 1.29 is 4.79 Å². The molecule has 1 aliphatic rings. The lowest BCUT2D eigenvalue weighted by Gasteiger charge is -2.20. The standard InChI is InChI=1S/C23H17BrN4O/c24-17-12-10-16(11-13-17)23(29)28-21(14-20(27-28)15-6-2-1-3-7-15)22-25-18-8-4-5-9-19(18)26-22/h1-13,21H,14H2,(H,25,26). The summed E-state index contributed by atoms with van der Waals surface area (Å²) in [6, 6.07) is 24.9. The van der Waals surface area contributed by atoms with E-state index >= 15 is 0 Å². The van der Waals surface area contributed by atoms with Crippen LogP contribution >= 0.6 is 15.9 Å². The molecule has 5 rings (SSSR count). The van der Waals surface area contributed by atoms with Gasteiger partial charge in [-0.25, -0.2) is 9.99 Å². The van der Waals surface area contributed by atoms with Crippen LogP contribution in [-0.4, -0.2) is 26.6 Å². The molecule has 29 heavy (non-hydrogen) atoms. The highest BCUT2D eigenvalue weighted by molar-refractivity contribution is 9.10. The van der Waals surface area contributed by atoms with E-state index in [-0.39, 0.29) is 11.9 Å². The molecule has 142 valence electrons. The van der Waals surface area contributed by atoms with Gasteiger partial charge in [0, 0.05) is 16.5 Å². The van der Waals surface area contributed by atoms with E-state index in [1.165, 1.54) is 0 Å². The van der Waals surface area contributed by atoms with Gasteiger partial charge in [-0.15, -0.1) is 0 Å². The van der Waals surface area contributed by atoms with Gasteiger partial charge in [0.1, 0.15) is 11.9 Å². The number of carbonyl (C=O) groups excluding carboxylic acids is 1. The number of aromatic nitrogens is 2. The van der Waals surface area contributed by atoms with Gasteiger partial charge in [-0.1, -0.05) is 58.4 Å². The van der Waals surface area contributed by atoms with E-state index in [1.54, 1.807) is 17.1 Å². The number of H-pyrrole nitrogens is 1. The van der Waals surface area contributed by atoms with E-state index in [1.807, 2.05) is 66.7 Å². The van der Waals surface area contributed by atoms with Crippen LogP contribution in [-0.2, 0) is 0 Å². The van der Waals surface area contributed by atoms with Crippen molar-refractivity contribution in [3.8, 4) is 0 Å². The molecule has 0 bridgehead atoms. The highest BCUT2D eigenvalue weighted by Crippen LogP contribution is 2.33. The molecule has 0 fully saturated rings. The van der Waals surface area contributed by atoms with Crippen molar-refractivity contribution in [3.63, 3.8) is 0 Å². The third-order valence-electron chi connectivity index (χ3n) is 5.04. The van der Waals surface area contributed by atoms with Crippen LogP contribution in [0.3, 0.4) is 0 Å². The van der Waals surface area contributed by atoms with E-state index in [4.69, 9.17) is 10.1 Å². The molecular formula is C23H17BrN4O. The minimum Gasteiger partial charge on any atom is -0.340 e. The summed E-state index contributed by atoms with van der Waals surface area (Å²) in [5.74, 6) is 0.597. The third kappa shape index (κ3) is 3.36. The maximum absolute atomic E-state index is 13.3. The largest absolute Gasteiger partial charge is 0.340 e. The van der Waals surface area contributed by atoms with Crippen molar-refractivity contribution in [2.75, 3.05) is 0 Å². The molecule has 0 radical (unpaired) electrons. The Kier molecular flexibility index (Phi) is 4.48. The van der Waals surface area contributed by atoms with Gasteiger partial charge in [0.15, 0.2) is 0 Å². The Hall–Kier alpha value is -3.25. The lowest BCUT2D eigenvalue weighted by atomic mass is 10.0. The minimum atomic E-state index is -0.284. The summed E-state index contributed by atoms with van der Waals surface area (Å²) in [6.07, 6.45) is 0.603. The molecule has 4 aromatic rings. The second kappa shape index (κ2) is 7.29. The predicted molar refractivity (Wildman–Crippen MR) is 117 cm³/mol. The number of nitrogens with one attached hydrogen (secondary N) is 1. The number of para-hydroxylation sites is 2. The maximum atomic E-state index is 13.3. The molecule has 0 spiro atoms. The van der Waals surface area contributed by atoms with E-state index < -0.39 is 0 Å². The van der Waals surface area contributed by atoms with E-state index in [9.17, 15) is 4.79 Å². The summed E-state index contributed by atoms with van der Waals surface area (Å²) in [5.41, 5.74) is 4.31. The molecule has 1 unspecified atom stereocenters. The lowest BCUT2D eigenvalue weighted by Crippen LogP contribution is -2.27. The topological polar surface area (TPSA) is 61.4 Å². The first-order valence-electron chi connectivity index (χ1n) is 9.36. The molecule has 2 heterocycles. The number of rotatable bonds is 3. The zero-order chi connectivity index (χ0) is 19.8. The van der Waals surface area contributed by atoms with Crippen LogP contribution in [0.25, 0.3) is 11.0 Å². The number of aromatic amines is 1. The van der Waals surface area contributed by atoms with Crippen molar-refractivity contribution in [1.82, 2.24) is 15.0 Å². The molecule has 1 aromatic heterocycles. The smallest absolute Gasteiger partial charge is 0.274 e. The summed E-state index contributed by atoms with van der Waals surface area (Å²) in [6.45, 7) is 0. The number of hydrogen-bond acceptors (Lipinski definition) is 3. The Morgan fingerprint density at radius 1 is 0.966 bits per heavy atom. The van der Waals surface area contributed by atoms with Crippen LogP contribution in [0.4, 0.5) is 0 Å². The average Bonchev–Trinajstić information content (AvgIpc) is 3.39. The number of hydrazone groups is 1. The van der Waals surface area contributed by atoms with Gasteiger partial charge in [0.05, 0.1) is 16.7 Å². The second-order valence-corrected chi connectivity index (χ2v) is 7.84. The Morgan fingerprint density at radius 2 is 1.69 bits per heavy atom. The molecule has 1 amide bonds. The zero-order valence-corrected chi connectivity index (χ0v) is 17.0. The first-order valence-corrected chi connectivity index (χ1v) is 10.1. The van der Waals surface area contributed by atoms with Crippen LogP contribution in [0, 0.1) is 0 Å². The number of imidazole rings is 1. The molecule has 1 atom stereocenters. The fraction of sp³-hybridized carbons (Fsp3) is 0.0870. The van der Waals surface area contributed by atoms with Gasteiger partial charge in [-0.2, -0.15) is 5.10 Å². The zero-order valence-electron chi connectivity index (χ0n) is 15.4. The first-order chi connectivity index (χ1) is 14.2. The number of hydrogen-bond donors (Lipinski definition) is 1. The van der Waals surface area contributed by atoms with Crippen LogP contribution in [0.2, 0.25) is 0 Å². The predicted octanol–water partition coefficient (Wildman–Crippen LogP) is 5.32. The number of amides is 1. The van der Waals surface area contributed by atoms with Gasteiger partial charge in [-0.05, 0) is 42.0 Å². The third-order valence-corrected chi connectivity index (χ3v) is 5.57. The van der Waals surface area contributed by atoms with Gasteiger partial charge in [0.2, 0.25) is 0 Å². The van der Waals surface area contributed by atoms with E-state index in [0.29, 0.717) is 12.0 Å². The molecule has 6 heteroatoms. The quantitative estimate of drug-likeness (QED) is 0.464. The fourth-order valence-corrected chi connectivity index (χ4v) is 3.84. The van der Waals surface area contributed by atoms with Crippen LogP contribution in [0.1, 0.15) is 34.2 Å². The van der Waals surface area contributed by atoms with E-state index in [0.717, 1.165) is 32.6 Å². The maximum Gasteiger partial charge on any atom is 0.274 e. The van der Waals surface area contributed by atoms with Crippen LogP contribution < -0.4 is 0 Å². The van der Waals surface area contributed by atoms with Crippen molar-refractivity contribution >= 4 is 38.6 Å². The summed E-state index contributed by atoms with van der Waals surface area (Å²) in [4.78, 5) is 21.4. The highest BCUT2D eigenvalue weighted by Gasteiger charge is 2.35. The monoisotopic (exact) mass is 444 g/mol. The summed E-state index contributed by atoms with van der Waals surface area (Å²) in [5, 5.41) is 6.27. The Morgan fingerprint density at radius 3 is 2.45 bits per heavy atom. The van der Waals surface area contributed by atoms with Crippen LogP contribution in [0.15, 0.2) is 88.4 Å². The van der Waals surface area contributed by atoms with Gasteiger partial charge in [0.25, 0.3) is 5.91 Å². The van der Waals surface area contributed by atoms with Crippen LogP contribution in [0.5, 0.6) is 0 Å². The fourth-order valence-electron chi connectivity index (χ4n) is 3.57. The highest BCUT2D eigenvalue weighted by atomic mass is 79.9. The number of nitrogens with zero attached hydrogens (tertiary/aromatic N) is 3. The molecule has 0 saturated carbocycles. The van der Waals surface area contributed by atoms with E-state index in [2.05, 4.69) is 20.9 Å². The molecule has 1 N–H and O–H groups in total. The number of halogens is 1. The summed E-state index contributed by atoms with van der Waals surface area (Å²) >= 11 is 3.42. The van der Waals surface area contributed by atoms with Gasteiger partial charge >= 0.3 is 0 Å². The Bertz CT molecular complexity index is 1180. The molecule has 0 saturated heterocycles. The van der Waals surface area contributed by atoms with Gasteiger partial charge in [-0.3, -0.25) is 4.79 Å². The van der Waals surface area contributed by atoms with Crippen molar-refractivity contribution in [2.45, 2.75) is 12.5 Å². The normalized spacial score (nSPS) is 16.2. The second-order valence-electron chi connectivity index (χ2n) is 6.93. The number of benzene rings is 3. The van der Waals surface area contributed by atoms with Crippen molar-refractivity contribution in [3.05, 3.63) is 100 Å². The van der Waals surface area contributed by atoms with Gasteiger partial charge < -0.3 is 4.98 Å². The summed E-state index contributed by atoms with van der Waals surface area (Å²) in [7, 11) is 0. The molecular weight excluding hydrogens is 428 g/mol. The molecule has 5 nitrogen and oxygen atoms in total. The number of fused-ring (bicyclic) bond motifs is 1. The minimum absolute atomic E-state index is 0.145. The Balaban J connectivity index is 1.56. The molecule has 3 aromatic carbocycles. The Labute approximate surface area is 176 Å². The SMILES string of the molecule is O=C(c1ccc(Br)cc1)N1N=C(c2ccccc2)CC1c1nc2ccccc2[nH]1. The number of carbonyl (C=O) groups is 1. The molecule has 1 aliphatic heterocycles. The average molecular weight is 445 g/mol. The molecule has 0 aliphatic carbocycles. The van der Waals surface area contributed by atoms with Crippen molar-refractivity contribution in [1.29, 1.82) is 0 Å². The van der Waals surface area contributed by atoms with Crippen molar-refractivity contribution in [2.24, 2.45) is 5.10 Å². The lowest BCUT2D eigenvalue weighted by molar-refractivity contribution is 0.0705.